The molecule has 0 aliphatic carbocycles. The van der Waals surface area contributed by atoms with Crippen LogP contribution in [0.2, 0.25) is 5.02 Å². The van der Waals surface area contributed by atoms with Gasteiger partial charge in [0, 0.05) is 12.6 Å². The molecule has 0 radical (unpaired) electrons. The minimum atomic E-state index is -4.56. The van der Waals surface area contributed by atoms with Crippen LogP contribution in [-0.2, 0) is 18.0 Å². The Morgan fingerprint density at radius 1 is 1.15 bits per heavy atom. The summed E-state index contributed by atoms with van der Waals surface area (Å²) in [5.74, 6) is -0.481. The largest absolute Gasteiger partial charge is 0.416 e. The lowest BCUT2D eigenvalue weighted by Crippen LogP contribution is -2.28. The molecule has 0 unspecified atom stereocenters. The van der Waals surface area contributed by atoms with Crippen molar-refractivity contribution in [2.24, 2.45) is 7.05 Å². The number of nitrogens with one attached hydrogen (secondary N) is 2. The van der Waals surface area contributed by atoms with Crippen molar-refractivity contribution in [1.29, 1.82) is 0 Å². The maximum absolute atomic E-state index is 12.9. The molecule has 0 aliphatic rings. The fourth-order valence-corrected chi connectivity index (χ4v) is 3.88. The molecule has 180 valence electrons. The summed E-state index contributed by atoms with van der Waals surface area (Å²) >= 11 is 6.96. The normalized spacial score (nSPS) is 12.3. The van der Waals surface area contributed by atoms with Gasteiger partial charge >= 0.3 is 6.18 Å². The van der Waals surface area contributed by atoms with Crippen molar-refractivity contribution in [2.75, 3.05) is 11.1 Å². The predicted molar refractivity (Wildman–Crippen MR) is 124 cm³/mol. The fraction of sp³-hybridized carbons (Fsp3) is 0.273. The van der Waals surface area contributed by atoms with Crippen LogP contribution in [0.25, 0.3) is 0 Å². The number of carbonyl (C=O) groups excluding carboxylic acids is 2. The number of carbonyl (C=O) groups is 2. The second kappa shape index (κ2) is 10.5. The van der Waals surface area contributed by atoms with E-state index in [0.717, 1.165) is 35.5 Å². The SMILES string of the molecule is Cc1ccc(C(=O)N[C@H](C)c2nnc(SCC(=O)Nc3cc(C(F)(F)F)ccc3Cl)n2C)cc1. The van der Waals surface area contributed by atoms with Gasteiger partial charge in [0.25, 0.3) is 5.91 Å². The van der Waals surface area contributed by atoms with Crippen molar-refractivity contribution in [1.82, 2.24) is 20.1 Å². The molecular weight excluding hydrogens is 491 g/mol. The highest BCUT2D eigenvalue weighted by molar-refractivity contribution is 7.99. The zero-order valence-corrected chi connectivity index (χ0v) is 20.0. The van der Waals surface area contributed by atoms with Crippen LogP contribution < -0.4 is 10.6 Å². The summed E-state index contributed by atoms with van der Waals surface area (Å²) in [7, 11) is 1.69. The van der Waals surface area contributed by atoms with Crippen LogP contribution in [0, 0.1) is 6.92 Å². The smallest absolute Gasteiger partial charge is 0.342 e. The quantitative estimate of drug-likeness (QED) is 0.435. The molecule has 34 heavy (non-hydrogen) atoms. The van der Waals surface area contributed by atoms with Crippen molar-refractivity contribution in [3.63, 3.8) is 0 Å². The zero-order chi connectivity index (χ0) is 25.0. The van der Waals surface area contributed by atoms with Gasteiger partial charge in [-0.25, -0.2) is 0 Å². The van der Waals surface area contributed by atoms with Crippen LogP contribution in [-0.4, -0.2) is 32.3 Å². The van der Waals surface area contributed by atoms with Gasteiger partial charge in [-0.05, 0) is 44.2 Å². The van der Waals surface area contributed by atoms with Gasteiger partial charge in [-0.2, -0.15) is 13.2 Å². The summed E-state index contributed by atoms with van der Waals surface area (Å²) in [5, 5.41) is 13.8. The van der Waals surface area contributed by atoms with Crippen molar-refractivity contribution < 1.29 is 22.8 Å². The van der Waals surface area contributed by atoms with E-state index in [4.69, 9.17) is 11.6 Å². The first-order valence-electron chi connectivity index (χ1n) is 10.0. The van der Waals surface area contributed by atoms with Gasteiger partial charge in [-0.15, -0.1) is 10.2 Å². The molecule has 2 N–H and O–H groups in total. The third kappa shape index (κ3) is 6.29. The number of thioether (sulfide) groups is 1. The number of aryl methyl sites for hydroxylation is 1. The Morgan fingerprint density at radius 3 is 2.47 bits per heavy atom. The van der Waals surface area contributed by atoms with Gasteiger partial charge in [0.05, 0.1) is 28.1 Å². The molecule has 0 fully saturated rings. The summed E-state index contributed by atoms with van der Waals surface area (Å²) in [6.07, 6.45) is -4.56. The minimum Gasteiger partial charge on any atom is -0.342 e. The highest BCUT2D eigenvalue weighted by atomic mass is 35.5. The van der Waals surface area contributed by atoms with E-state index in [0.29, 0.717) is 16.5 Å². The van der Waals surface area contributed by atoms with Gasteiger partial charge in [0.2, 0.25) is 5.91 Å². The van der Waals surface area contributed by atoms with E-state index < -0.39 is 23.7 Å². The molecule has 2 amide bonds. The van der Waals surface area contributed by atoms with Gasteiger partial charge in [-0.3, -0.25) is 9.59 Å². The van der Waals surface area contributed by atoms with E-state index in [1.165, 1.54) is 0 Å². The molecule has 12 heteroatoms. The standard InChI is InChI=1S/C22H21ClF3N5O2S/c1-12-4-6-14(7-5-12)20(33)27-13(2)19-29-30-21(31(19)3)34-11-18(32)28-17-10-15(22(24,25)26)8-9-16(17)23/h4-10,13H,11H2,1-3H3,(H,27,33)(H,28,32)/t13-/m1/s1. The number of hydrogen-bond donors (Lipinski definition) is 2. The van der Waals surface area contributed by atoms with E-state index in [9.17, 15) is 22.8 Å². The topological polar surface area (TPSA) is 88.9 Å². The number of amides is 2. The molecule has 0 saturated heterocycles. The fourth-order valence-electron chi connectivity index (χ4n) is 2.99. The first-order chi connectivity index (χ1) is 16.0. The Morgan fingerprint density at radius 2 is 1.82 bits per heavy atom. The van der Waals surface area contributed by atoms with E-state index in [1.54, 1.807) is 30.7 Å². The Balaban J connectivity index is 1.60. The lowest BCUT2D eigenvalue weighted by molar-refractivity contribution is -0.137. The third-order valence-electron chi connectivity index (χ3n) is 4.82. The number of benzene rings is 2. The molecule has 1 atom stereocenters. The molecule has 1 aromatic heterocycles. The Kier molecular flexibility index (Phi) is 7.88. The van der Waals surface area contributed by atoms with E-state index in [-0.39, 0.29) is 22.4 Å². The zero-order valence-electron chi connectivity index (χ0n) is 18.4. The highest BCUT2D eigenvalue weighted by Gasteiger charge is 2.31. The molecule has 3 rings (SSSR count). The lowest BCUT2D eigenvalue weighted by Gasteiger charge is -2.14. The molecule has 1 heterocycles. The van der Waals surface area contributed by atoms with Gasteiger partial charge in [0.15, 0.2) is 11.0 Å². The molecule has 7 nitrogen and oxygen atoms in total. The van der Waals surface area contributed by atoms with Gasteiger partial charge < -0.3 is 15.2 Å². The molecule has 0 spiro atoms. The number of halogens is 4. The van der Waals surface area contributed by atoms with Crippen LogP contribution in [0.5, 0.6) is 0 Å². The number of anilines is 1. The second-order valence-electron chi connectivity index (χ2n) is 7.49. The van der Waals surface area contributed by atoms with Crippen molar-refractivity contribution in [3.8, 4) is 0 Å². The van der Waals surface area contributed by atoms with Crippen LogP contribution in [0.3, 0.4) is 0 Å². The molecule has 3 aromatic rings. The molecule has 0 saturated carbocycles. The summed E-state index contributed by atoms with van der Waals surface area (Å²) in [5.41, 5.74) is 0.505. The number of alkyl halides is 3. The molecule has 0 aliphatic heterocycles. The van der Waals surface area contributed by atoms with Crippen molar-refractivity contribution >= 4 is 40.9 Å². The second-order valence-corrected chi connectivity index (χ2v) is 8.84. The number of nitrogens with zero attached hydrogens (tertiary/aromatic N) is 3. The van der Waals surface area contributed by atoms with Crippen LogP contribution in [0.1, 0.15) is 40.3 Å². The summed E-state index contributed by atoms with van der Waals surface area (Å²) in [6.45, 7) is 3.68. The molecule has 0 bridgehead atoms. The van der Waals surface area contributed by atoms with Gasteiger partial charge in [0.1, 0.15) is 0 Å². The van der Waals surface area contributed by atoms with Crippen LogP contribution in [0.15, 0.2) is 47.6 Å². The first kappa shape index (κ1) is 25.6. The lowest BCUT2D eigenvalue weighted by atomic mass is 10.1. The number of hydrogen-bond acceptors (Lipinski definition) is 5. The highest BCUT2D eigenvalue weighted by Crippen LogP contribution is 2.34. The maximum atomic E-state index is 12.9. The summed E-state index contributed by atoms with van der Waals surface area (Å²) in [6, 6.07) is 9.38. The predicted octanol–water partition coefficient (Wildman–Crippen LogP) is 5.02. The molecule has 2 aromatic carbocycles. The average Bonchev–Trinajstić information content (AvgIpc) is 3.13. The Hall–Kier alpha value is -3.05. The van der Waals surface area contributed by atoms with Crippen LogP contribution in [0.4, 0.5) is 18.9 Å². The monoisotopic (exact) mass is 511 g/mol. The number of rotatable bonds is 7. The van der Waals surface area contributed by atoms with E-state index in [1.807, 2.05) is 19.1 Å². The van der Waals surface area contributed by atoms with E-state index >= 15 is 0 Å². The average molecular weight is 512 g/mol. The van der Waals surface area contributed by atoms with Crippen molar-refractivity contribution in [3.05, 3.63) is 70.0 Å². The summed E-state index contributed by atoms with van der Waals surface area (Å²) in [4.78, 5) is 24.7. The van der Waals surface area contributed by atoms with E-state index in [2.05, 4.69) is 20.8 Å². The minimum absolute atomic E-state index is 0.00885. The van der Waals surface area contributed by atoms with Gasteiger partial charge in [-0.1, -0.05) is 41.1 Å². The Labute approximate surface area is 203 Å². The maximum Gasteiger partial charge on any atom is 0.416 e. The third-order valence-corrected chi connectivity index (χ3v) is 6.17. The van der Waals surface area contributed by atoms with Crippen LogP contribution >= 0.6 is 23.4 Å². The Bertz CT molecular complexity index is 1200. The first-order valence-corrected chi connectivity index (χ1v) is 11.4. The van der Waals surface area contributed by atoms with Crippen molar-refractivity contribution in [2.45, 2.75) is 31.2 Å². The summed E-state index contributed by atoms with van der Waals surface area (Å²) < 4.78 is 40.4. The molecular formula is C22H21ClF3N5O2S. The number of aromatic nitrogens is 3.